The molecule has 0 N–H and O–H groups in total. The zero-order valence-corrected chi connectivity index (χ0v) is 38.9. The second-order valence-corrected chi connectivity index (χ2v) is 18.1. The van der Waals surface area contributed by atoms with Crippen LogP contribution in [0.3, 0.4) is 0 Å². The number of para-hydroxylation sites is 3. The Hall–Kier alpha value is -9.44. The Kier molecular flexibility index (Phi) is 10.5. The summed E-state index contributed by atoms with van der Waals surface area (Å²) in [4.78, 5) is 4.80. The van der Waals surface area contributed by atoms with Crippen LogP contribution in [-0.2, 0) is 0 Å². The van der Waals surface area contributed by atoms with E-state index in [1.807, 2.05) is 0 Å². The molecule has 71 heavy (non-hydrogen) atoms. The standard InChI is InChI=1S/C68H46N2O/c1-5-20-47(21-6-1)51-28-19-29-56(40-51)69(64-33-16-13-30-59(64)48-22-7-2-8-23-48)57-38-36-52-43-62-63-44-53-37-39-58(42-55(53)46-68(63)71-67(62)45-54(52)41-57)70(65-34-17-14-31-60(65)49-24-9-3-10-25-49)66-35-18-15-32-61(66)50-26-11-4-12-27-50/h1-46H. The zero-order valence-electron chi connectivity index (χ0n) is 38.9. The number of anilines is 6. The van der Waals surface area contributed by atoms with Crippen molar-refractivity contribution in [3.05, 3.63) is 279 Å². The van der Waals surface area contributed by atoms with E-state index in [1.54, 1.807) is 0 Å². The van der Waals surface area contributed by atoms with Crippen LogP contribution < -0.4 is 9.80 Å². The number of hydrogen-bond acceptors (Lipinski definition) is 3. The van der Waals surface area contributed by atoms with E-state index in [2.05, 4.69) is 289 Å². The predicted molar refractivity (Wildman–Crippen MR) is 300 cm³/mol. The first-order valence-electron chi connectivity index (χ1n) is 24.2. The van der Waals surface area contributed by atoms with Crippen LogP contribution in [0.4, 0.5) is 34.1 Å². The van der Waals surface area contributed by atoms with Crippen LogP contribution in [0.15, 0.2) is 283 Å². The lowest BCUT2D eigenvalue weighted by molar-refractivity contribution is 0.670. The van der Waals surface area contributed by atoms with Crippen molar-refractivity contribution in [2.45, 2.75) is 0 Å². The van der Waals surface area contributed by atoms with E-state index in [9.17, 15) is 0 Å². The lowest BCUT2D eigenvalue weighted by Gasteiger charge is -2.30. The predicted octanol–water partition coefficient (Wildman–Crippen LogP) is 19.5. The van der Waals surface area contributed by atoms with Gasteiger partial charge in [0.05, 0.1) is 17.1 Å². The molecule has 0 aliphatic rings. The van der Waals surface area contributed by atoms with Gasteiger partial charge in [0.25, 0.3) is 0 Å². The third kappa shape index (κ3) is 7.76. The van der Waals surface area contributed by atoms with Crippen molar-refractivity contribution >= 4 is 77.6 Å². The van der Waals surface area contributed by atoms with E-state index in [1.165, 1.54) is 11.1 Å². The van der Waals surface area contributed by atoms with Crippen LogP contribution in [0.2, 0.25) is 0 Å². The molecular weight excluding hydrogens is 861 g/mol. The Morgan fingerprint density at radius 3 is 1.06 bits per heavy atom. The minimum atomic E-state index is 0.859. The molecule has 0 saturated heterocycles. The summed E-state index contributed by atoms with van der Waals surface area (Å²) in [6, 6.07) is 100. The van der Waals surface area contributed by atoms with Crippen molar-refractivity contribution in [2.75, 3.05) is 9.80 Å². The molecule has 0 bridgehead atoms. The Morgan fingerprint density at radius 2 is 0.592 bits per heavy atom. The van der Waals surface area contributed by atoms with Gasteiger partial charge in [0.2, 0.25) is 0 Å². The van der Waals surface area contributed by atoms with Crippen molar-refractivity contribution in [3.63, 3.8) is 0 Å². The quantitative estimate of drug-likeness (QED) is 0.136. The Labute approximate surface area is 413 Å². The summed E-state index contributed by atoms with van der Waals surface area (Å²) in [7, 11) is 0. The summed E-state index contributed by atoms with van der Waals surface area (Å²) in [5.41, 5.74) is 17.5. The number of furan rings is 1. The van der Waals surface area contributed by atoms with E-state index in [-0.39, 0.29) is 0 Å². The van der Waals surface area contributed by atoms with Gasteiger partial charge >= 0.3 is 0 Å². The van der Waals surface area contributed by atoms with Crippen LogP contribution >= 0.6 is 0 Å². The molecule has 0 aliphatic carbocycles. The normalized spacial score (nSPS) is 11.4. The van der Waals surface area contributed by atoms with Gasteiger partial charge in [-0.15, -0.1) is 0 Å². The topological polar surface area (TPSA) is 19.6 Å². The van der Waals surface area contributed by atoms with Gasteiger partial charge in [-0.25, -0.2) is 0 Å². The van der Waals surface area contributed by atoms with Gasteiger partial charge in [-0.05, 0) is 128 Å². The molecule has 0 radical (unpaired) electrons. The maximum absolute atomic E-state index is 6.88. The highest BCUT2D eigenvalue weighted by atomic mass is 16.3. The second-order valence-electron chi connectivity index (χ2n) is 18.1. The maximum Gasteiger partial charge on any atom is 0.136 e. The first kappa shape index (κ1) is 41.7. The van der Waals surface area contributed by atoms with Crippen LogP contribution in [0.5, 0.6) is 0 Å². The fraction of sp³-hybridized carbons (Fsp3) is 0. The van der Waals surface area contributed by atoms with Crippen molar-refractivity contribution in [3.8, 4) is 44.5 Å². The van der Waals surface area contributed by atoms with Crippen LogP contribution in [0.25, 0.3) is 88.0 Å². The molecule has 0 aliphatic heterocycles. The molecular formula is C68H46N2O. The van der Waals surface area contributed by atoms with E-state index in [0.717, 1.165) is 111 Å². The number of hydrogen-bond donors (Lipinski definition) is 0. The summed E-state index contributed by atoms with van der Waals surface area (Å²) in [6.07, 6.45) is 0. The highest BCUT2D eigenvalue weighted by molar-refractivity contribution is 6.14. The molecule has 3 heteroatoms. The SMILES string of the molecule is c1ccc(-c2cccc(N(c3ccc4cc5c(cc4c3)oc3cc4cc(N(c6ccccc6-c6ccccc6)c6ccccc6-c6ccccc6)ccc4cc35)c3ccccc3-c3ccccc3)c2)cc1. The minimum absolute atomic E-state index is 0.859. The van der Waals surface area contributed by atoms with Gasteiger partial charge in [-0.3, -0.25) is 0 Å². The zero-order chi connectivity index (χ0) is 47.1. The van der Waals surface area contributed by atoms with Crippen molar-refractivity contribution in [1.82, 2.24) is 0 Å². The Morgan fingerprint density at radius 1 is 0.225 bits per heavy atom. The third-order valence-electron chi connectivity index (χ3n) is 13.8. The third-order valence-corrected chi connectivity index (χ3v) is 13.8. The van der Waals surface area contributed by atoms with E-state index in [4.69, 9.17) is 4.42 Å². The lowest BCUT2D eigenvalue weighted by Crippen LogP contribution is -2.12. The summed E-state index contributed by atoms with van der Waals surface area (Å²) in [5.74, 6) is 0. The molecule has 13 aromatic rings. The van der Waals surface area contributed by atoms with Crippen LogP contribution in [0.1, 0.15) is 0 Å². The van der Waals surface area contributed by atoms with E-state index < -0.39 is 0 Å². The molecule has 13 rings (SSSR count). The van der Waals surface area contributed by atoms with Gasteiger partial charge in [0, 0.05) is 44.5 Å². The van der Waals surface area contributed by atoms with Crippen molar-refractivity contribution in [1.29, 1.82) is 0 Å². The molecule has 0 unspecified atom stereocenters. The van der Waals surface area contributed by atoms with Crippen LogP contribution in [-0.4, -0.2) is 0 Å². The maximum atomic E-state index is 6.88. The molecule has 0 amide bonds. The average molecular weight is 907 g/mol. The summed E-state index contributed by atoms with van der Waals surface area (Å²) in [5, 5.41) is 6.71. The van der Waals surface area contributed by atoms with E-state index >= 15 is 0 Å². The average Bonchev–Trinajstić information content (AvgIpc) is 3.79. The summed E-state index contributed by atoms with van der Waals surface area (Å²) >= 11 is 0. The molecule has 0 atom stereocenters. The van der Waals surface area contributed by atoms with E-state index in [0.29, 0.717) is 0 Å². The molecule has 1 aromatic heterocycles. The van der Waals surface area contributed by atoms with Gasteiger partial charge < -0.3 is 14.2 Å². The summed E-state index contributed by atoms with van der Waals surface area (Å²) < 4.78 is 6.88. The molecule has 0 spiro atoms. The smallest absolute Gasteiger partial charge is 0.136 e. The van der Waals surface area contributed by atoms with Gasteiger partial charge in [-0.2, -0.15) is 0 Å². The molecule has 0 saturated carbocycles. The second kappa shape index (κ2) is 17.9. The van der Waals surface area contributed by atoms with Crippen molar-refractivity contribution in [2.24, 2.45) is 0 Å². The number of nitrogens with zero attached hydrogens (tertiary/aromatic N) is 2. The lowest BCUT2D eigenvalue weighted by atomic mass is 9.98. The van der Waals surface area contributed by atoms with Crippen molar-refractivity contribution < 1.29 is 4.42 Å². The fourth-order valence-corrected chi connectivity index (χ4v) is 10.4. The molecule has 0 fully saturated rings. The Bertz CT molecular complexity index is 3970. The summed E-state index contributed by atoms with van der Waals surface area (Å²) in [6.45, 7) is 0. The molecule has 3 nitrogen and oxygen atoms in total. The monoisotopic (exact) mass is 906 g/mol. The number of rotatable bonds is 10. The Balaban J connectivity index is 0.944. The fourth-order valence-electron chi connectivity index (χ4n) is 10.4. The first-order chi connectivity index (χ1) is 35.2. The van der Waals surface area contributed by atoms with Gasteiger partial charge in [-0.1, -0.05) is 200 Å². The van der Waals surface area contributed by atoms with Gasteiger partial charge in [0.15, 0.2) is 0 Å². The molecule has 1 heterocycles. The molecule has 12 aromatic carbocycles. The largest absolute Gasteiger partial charge is 0.456 e. The minimum Gasteiger partial charge on any atom is -0.456 e. The molecule has 334 valence electrons. The number of fused-ring (bicyclic) bond motifs is 5. The van der Waals surface area contributed by atoms with Crippen LogP contribution in [0, 0.1) is 0 Å². The highest BCUT2D eigenvalue weighted by Gasteiger charge is 2.22. The first-order valence-corrected chi connectivity index (χ1v) is 24.2. The highest BCUT2D eigenvalue weighted by Crippen LogP contribution is 2.47. The van der Waals surface area contributed by atoms with Gasteiger partial charge in [0.1, 0.15) is 11.2 Å². The number of benzene rings is 12.